The Hall–Kier alpha value is -2.21. The van der Waals surface area contributed by atoms with E-state index in [1.54, 1.807) is 23.5 Å². The van der Waals surface area contributed by atoms with Crippen molar-refractivity contribution < 1.29 is 4.55 Å². The highest BCUT2D eigenvalue weighted by molar-refractivity contribution is 8.27. The lowest BCUT2D eigenvalue weighted by atomic mass is 10.2. The molecule has 2 heterocycles. The number of thiazole rings is 1. The van der Waals surface area contributed by atoms with E-state index in [2.05, 4.69) is 33.2 Å². The fourth-order valence-electron chi connectivity index (χ4n) is 3.59. The summed E-state index contributed by atoms with van der Waals surface area (Å²) in [4.78, 5) is 7.97. The van der Waals surface area contributed by atoms with E-state index in [0.717, 1.165) is 47.2 Å². The van der Waals surface area contributed by atoms with Crippen LogP contribution in [-0.4, -0.2) is 39.8 Å². The number of nitriles is 1. The van der Waals surface area contributed by atoms with Crippen molar-refractivity contribution >= 4 is 21.8 Å². The van der Waals surface area contributed by atoms with Crippen LogP contribution in [0.3, 0.4) is 0 Å². The maximum atomic E-state index is 11.0. The van der Waals surface area contributed by atoms with Crippen LogP contribution in [0.5, 0.6) is 0 Å². The number of hydrogen-bond donors (Lipinski definition) is 2. The molecule has 7 heteroatoms. The Morgan fingerprint density at radius 2 is 2.10 bits per heavy atom. The molecular weight excluding hydrogens is 400 g/mol. The Labute approximate surface area is 177 Å². The molecule has 2 aromatic carbocycles. The zero-order chi connectivity index (χ0) is 20.3. The largest absolute Gasteiger partial charge is 0.334 e. The van der Waals surface area contributed by atoms with E-state index >= 15 is 0 Å². The van der Waals surface area contributed by atoms with Crippen molar-refractivity contribution in [2.24, 2.45) is 0 Å². The van der Waals surface area contributed by atoms with Crippen LogP contribution in [0.2, 0.25) is 0 Å². The predicted molar refractivity (Wildman–Crippen MR) is 120 cm³/mol. The third-order valence-electron chi connectivity index (χ3n) is 5.07. The Bertz CT molecular complexity index is 1010. The number of nitrogens with zero attached hydrogens (tertiary/aromatic N) is 3. The Balaban J connectivity index is 1.36. The molecule has 1 aliphatic rings. The second-order valence-corrected chi connectivity index (χ2v) is 10.7. The maximum Gasteiger partial charge on any atom is 0.107 e. The molecule has 2 unspecified atom stereocenters. The summed E-state index contributed by atoms with van der Waals surface area (Å²) in [7, 11) is -2.15. The van der Waals surface area contributed by atoms with Crippen LogP contribution in [0.4, 0.5) is 0 Å². The summed E-state index contributed by atoms with van der Waals surface area (Å²) in [5, 5.41) is 12.3. The molecule has 2 N–H and O–H groups in total. The molecule has 0 saturated carbocycles. The standard InChI is InChI=1S/C22H24N4OS2/c1-29(27,20-9-5-6-17(12-20)13-23)25-19-10-11-26(14-19)15-22-24-21(16-28-22)18-7-3-2-4-8-18/h2-9,12,16,19,25,27H,10-11,14-15H2,1H3. The summed E-state index contributed by atoms with van der Waals surface area (Å²) in [5.41, 5.74) is 2.75. The van der Waals surface area contributed by atoms with Crippen molar-refractivity contribution in [2.75, 3.05) is 19.3 Å². The summed E-state index contributed by atoms with van der Waals surface area (Å²) >= 11 is 1.70. The molecule has 150 valence electrons. The highest BCUT2D eigenvalue weighted by Gasteiger charge is 2.28. The highest BCUT2D eigenvalue weighted by atomic mass is 32.3. The molecule has 1 aromatic heterocycles. The normalized spacial score (nSPS) is 20.1. The topological polar surface area (TPSA) is 72.2 Å². The van der Waals surface area contributed by atoms with Crippen molar-refractivity contribution in [3.8, 4) is 17.3 Å². The number of nitrogens with one attached hydrogen (secondary N) is 1. The summed E-state index contributed by atoms with van der Waals surface area (Å²) in [6, 6.07) is 19.9. The first-order valence-corrected chi connectivity index (χ1v) is 12.4. The number of rotatable bonds is 6. The van der Waals surface area contributed by atoms with E-state index in [0.29, 0.717) is 5.56 Å². The molecule has 3 aromatic rings. The van der Waals surface area contributed by atoms with E-state index in [9.17, 15) is 4.55 Å². The molecule has 1 fully saturated rings. The van der Waals surface area contributed by atoms with Gasteiger partial charge in [-0.05, 0) is 24.6 Å². The third-order valence-corrected chi connectivity index (χ3v) is 7.87. The van der Waals surface area contributed by atoms with Crippen molar-refractivity contribution in [1.82, 2.24) is 14.6 Å². The number of likely N-dealkylation sites (tertiary alicyclic amines) is 1. The number of benzene rings is 2. The van der Waals surface area contributed by atoms with E-state index in [4.69, 9.17) is 10.2 Å². The molecule has 0 aliphatic carbocycles. The van der Waals surface area contributed by atoms with Crippen LogP contribution in [0, 0.1) is 11.3 Å². The van der Waals surface area contributed by atoms with Crippen molar-refractivity contribution in [3.05, 3.63) is 70.5 Å². The summed E-state index contributed by atoms with van der Waals surface area (Å²) in [5.74, 6) is 0. The molecule has 0 radical (unpaired) electrons. The second kappa shape index (κ2) is 8.66. The van der Waals surface area contributed by atoms with Crippen LogP contribution >= 0.6 is 21.8 Å². The lowest BCUT2D eigenvalue weighted by molar-refractivity contribution is 0.324. The van der Waals surface area contributed by atoms with Gasteiger partial charge in [-0.15, -0.1) is 11.3 Å². The molecule has 0 bridgehead atoms. The number of hydrogen-bond acceptors (Lipinski definition) is 6. The molecule has 2 atom stereocenters. The molecule has 4 rings (SSSR count). The molecular formula is C22H24N4OS2. The minimum atomic E-state index is -2.15. The summed E-state index contributed by atoms with van der Waals surface area (Å²) in [6.45, 7) is 2.68. The lowest BCUT2D eigenvalue weighted by Gasteiger charge is -2.34. The SMILES string of the molecule is CS(O)(NC1CCN(Cc2nc(-c3ccccc3)cs2)C1)c1cccc(C#N)c1. The zero-order valence-corrected chi connectivity index (χ0v) is 17.9. The minimum Gasteiger partial charge on any atom is -0.334 e. The monoisotopic (exact) mass is 424 g/mol. The summed E-state index contributed by atoms with van der Waals surface area (Å²) in [6.07, 6.45) is 2.82. The highest BCUT2D eigenvalue weighted by Crippen LogP contribution is 2.45. The van der Waals surface area contributed by atoms with Gasteiger partial charge in [0.15, 0.2) is 0 Å². The van der Waals surface area contributed by atoms with Crippen LogP contribution in [0.1, 0.15) is 17.0 Å². The molecule has 0 amide bonds. The first-order valence-electron chi connectivity index (χ1n) is 9.54. The van der Waals surface area contributed by atoms with E-state index in [1.807, 2.05) is 36.6 Å². The van der Waals surface area contributed by atoms with Crippen molar-refractivity contribution in [2.45, 2.75) is 23.9 Å². The maximum absolute atomic E-state index is 11.0. The Morgan fingerprint density at radius 1 is 1.28 bits per heavy atom. The summed E-state index contributed by atoms with van der Waals surface area (Å²) < 4.78 is 14.4. The van der Waals surface area contributed by atoms with Crippen LogP contribution in [0.15, 0.2) is 64.9 Å². The van der Waals surface area contributed by atoms with Gasteiger partial charge in [0.1, 0.15) is 5.01 Å². The van der Waals surface area contributed by atoms with Crippen molar-refractivity contribution in [3.63, 3.8) is 0 Å². The first-order chi connectivity index (χ1) is 14.0. The predicted octanol–water partition coefficient (Wildman–Crippen LogP) is 4.73. The van der Waals surface area contributed by atoms with Crippen molar-refractivity contribution in [1.29, 1.82) is 5.26 Å². The Morgan fingerprint density at radius 3 is 2.90 bits per heavy atom. The first kappa shape index (κ1) is 20.1. The van der Waals surface area contributed by atoms with Gasteiger partial charge >= 0.3 is 0 Å². The van der Waals surface area contributed by atoms with Gasteiger partial charge in [-0.1, -0.05) is 46.9 Å². The molecule has 29 heavy (non-hydrogen) atoms. The molecule has 0 spiro atoms. The lowest BCUT2D eigenvalue weighted by Crippen LogP contribution is -2.34. The van der Waals surface area contributed by atoms with Gasteiger partial charge in [0.05, 0.1) is 23.9 Å². The van der Waals surface area contributed by atoms with Gasteiger partial charge in [-0.3, -0.25) is 9.62 Å². The van der Waals surface area contributed by atoms with Gasteiger partial charge in [0.2, 0.25) is 0 Å². The quantitative estimate of drug-likeness (QED) is 0.599. The van der Waals surface area contributed by atoms with Gasteiger partial charge in [0.25, 0.3) is 0 Å². The molecule has 1 aliphatic heterocycles. The van der Waals surface area contributed by atoms with E-state index in [-0.39, 0.29) is 6.04 Å². The van der Waals surface area contributed by atoms with Gasteiger partial charge in [-0.2, -0.15) is 5.26 Å². The van der Waals surface area contributed by atoms with E-state index < -0.39 is 10.5 Å². The average molecular weight is 425 g/mol. The minimum absolute atomic E-state index is 0.222. The molecule has 1 saturated heterocycles. The van der Waals surface area contributed by atoms with Crippen LogP contribution < -0.4 is 4.72 Å². The van der Waals surface area contributed by atoms with Crippen LogP contribution in [0.25, 0.3) is 11.3 Å². The number of aromatic nitrogens is 1. The average Bonchev–Trinajstić information content (AvgIpc) is 3.38. The fourth-order valence-corrected chi connectivity index (χ4v) is 6.12. The second-order valence-electron chi connectivity index (χ2n) is 7.35. The smallest absolute Gasteiger partial charge is 0.107 e. The van der Waals surface area contributed by atoms with Gasteiger partial charge < -0.3 is 4.55 Å². The van der Waals surface area contributed by atoms with E-state index in [1.165, 1.54) is 0 Å². The van der Waals surface area contributed by atoms with Crippen LogP contribution in [-0.2, 0) is 6.54 Å². The van der Waals surface area contributed by atoms with Gasteiger partial charge in [0, 0.05) is 41.2 Å². The Kier molecular flexibility index (Phi) is 5.99. The van der Waals surface area contributed by atoms with Gasteiger partial charge in [-0.25, -0.2) is 4.98 Å². The zero-order valence-electron chi connectivity index (χ0n) is 16.3. The third kappa shape index (κ3) is 4.86. The fraction of sp³-hybridized carbons (Fsp3) is 0.273. The molecule has 5 nitrogen and oxygen atoms in total.